The van der Waals surface area contributed by atoms with E-state index in [0.29, 0.717) is 18.8 Å². The highest BCUT2D eigenvalue weighted by molar-refractivity contribution is 5.92. The molecule has 1 aromatic heterocycles. The third-order valence-electron chi connectivity index (χ3n) is 11.2. The molecule has 13 nitrogen and oxygen atoms in total. The lowest BCUT2D eigenvalue weighted by atomic mass is 9.58. The zero-order valence-electron chi connectivity index (χ0n) is 29.8. The molecule has 7 rings (SSSR count). The summed E-state index contributed by atoms with van der Waals surface area (Å²) in [7, 11) is 1.27. The smallest absolute Gasteiger partial charge is 0.328 e. The van der Waals surface area contributed by atoms with E-state index in [-0.39, 0.29) is 42.9 Å². The van der Waals surface area contributed by atoms with Crippen LogP contribution in [0.3, 0.4) is 0 Å². The first kappa shape index (κ1) is 36.3. The quantitative estimate of drug-likeness (QED) is 0.214. The SMILES string of the molecule is COC(=O)[C@H](Cc1c[nH]c2ccccc12)NC(=O)[C@H](CC(C)C)NC(=O)CCC(=O)O[C@@H]1O[C@H]2O[C@]3(C)CC[C@H]4[C@H](C)CC[C@@H]([C@@H]1C)[C@@]24OO3. The summed E-state index contributed by atoms with van der Waals surface area (Å²) in [6, 6.07) is 5.77. The zero-order chi connectivity index (χ0) is 35.8. The first-order valence-electron chi connectivity index (χ1n) is 18.0. The number of aromatic nitrogens is 1. The van der Waals surface area contributed by atoms with Gasteiger partial charge in [0.25, 0.3) is 0 Å². The molecule has 13 heteroatoms. The largest absolute Gasteiger partial charge is 0.467 e. The molecule has 2 bridgehead atoms. The molecule has 5 aliphatic rings. The van der Waals surface area contributed by atoms with E-state index in [4.69, 9.17) is 28.7 Å². The molecule has 10 atom stereocenters. The third kappa shape index (κ3) is 7.15. The molecule has 1 spiro atoms. The first-order valence-corrected chi connectivity index (χ1v) is 18.0. The lowest BCUT2D eigenvalue weighted by Crippen LogP contribution is -2.70. The fourth-order valence-electron chi connectivity index (χ4n) is 8.51. The number of esters is 2. The van der Waals surface area contributed by atoms with E-state index in [1.807, 2.05) is 52.0 Å². The lowest BCUT2D eigenvalue weighted by Gasteiger charge is -2.59. The van der Waals surface area contributed by atoms with Gasteiger partial charge in [-0.2, -0.15) is 0 Å². The summed E-state index contributed by atoms with van der Waals surface area (Å²) < 4.78 is 23.5. The van der Waals surface area contributed by atoms with E-state index in [0.717, 1.165) is 35.7 Å². The highest BCUT2D eigenvalue weighted by atomic mass is 17.3. The van der Waals surface area contributed by atoms with Crippen LogP contribution >= 0.6 is 0 Å². The zero-order valence-corrected chi connectivity index (χ0v) is 29.8. The summed E-state index contributed by atoms with van der Waals surface area (Å²) in [5, 5.41) is 6.49. The van der Waals surface area contributed by atoms with Crippen LogP contribution in [0, 0.1) is 29.6 Å². The van der Waals surface area contributed by atoms with Crippen molar-refractivity contribution >= 4 is 34.7 Å². The molecular weight excluding hydrogens is 646 g/mol. The van der Waals surface area contributed by atoms with E-state index in [1.54, 1.807) is 6.20 Å². The summed E-state index contributed by atoms with van der Waals surface area (Å²) in [4.78, 5) is 67.7. The van der Waals surface area contributed by atoms with Crippen LogP contribution in [0.25, 0.3) is 10.9 Å². The minimum absolute atomic E-state index is 0.00807. The van der Waals surface area contributed by atoms with E-state index in [1.165, 1.54) is 7.11 Å². The van der Waals surface area contributed by atoms with Crippen LogP contribution in [0.15, 0.2) is 30.5 Å². The van der Waals surface area contributed by atoms with Crippen LogP contribution in [-0.2, 0) is 54.3 Å². The van der Waals surface area contributed by atoms with Crippen molar-refractivity contribution in [2.24, 2.45) is 29.6 Å². The van der Waals surface area contributed by atoms with Crippen molar-refractivity contribution in [3.8, 4) is 0 Å². The first-order chi connectivity index (χ1) is 23.8. The molecule has 1 aliphatic carbocycles. The molecular formula is C37H51N3O10. The summed E-state index contributed by atoms with van der Waals surface area (Å²) in [6.45, 7) is 9.92. The number of hydrogen-bond donors (Lipinski definition) is 3. The molecule has 2 aromatic rings. The Balaban J connectivity index is 1.05. The predicted octanol–water partition coefficient (Wildman–Crippen LogP) is 4.43. The van der Waals surface area contributed by atoms with Crippen molar-refractivity contribution in [2.75, 3.05) is 7.11 Å². The molecule has 4 saturated heterocycles. The highest BCUT2D eigenvalue weighted by Gasteiger charge is 2.69. The predicted molar refractivity (Wildman–Crippen MR) is 179 cm³/mol. The van der Waals surface area contributed by atoms with Crippen LogP contribution in [0.2, 0.25) is 0 Å². The Morgan fingerprint density at radius 1 is 1.00 bits per heavy atom. The van der Waals surface area contributed by atoms with Gasteiger partial charge in [-0.3, -0.25) is 14.4 Å². The Labute approximate surface area is 292 Å². The van der Waals surface area contributed by atoms with Crippen LogP contribution in [0.1, 0.15) is 85.1 Å². The number of fused-ring (bicyclic) bond motifs is 3. The summed E-state index contributed by atoms with van der Waals surface area (Å²) in [5.41, 5.74) is 0.982. The Hall–Kier alpha value is -3.52. The van der Waals surface area contributed by atoms with E-state index < -0.39 is 59.8 Å². The van der Waals surface area contributed by atoms with Crippen molar-refractivity contribution in [1.29, 1.82) is 0 Å². The van der Waals surface area contributed by atoms with E-state index >= 15 is 0 Å². The molecule has 1 aromatic carbocycles. The van der Waals surface area contributed by atoms with Crippen molar-refractivity contribution in [3.05, 3.63) is 36.0 Å². The molecule has 2 amide bonds. The van der Waals surface area contributed by atoms with E-state index in [9.17, 15) is 19.2 Å². The maximum absolute atomic E-state index is 13.5. The van der Waals surface area contributed by atoms with Gasteiger partial charge in [-0.05, 0) is 62.0 Å². The number of amides is 2. The number of hydrogen-bond acceptors (Lipinski definition) is 10. The molecule has 5 heterocycles. The number of benzene rings is 1. The Bertz CT molecular complexity index is 1580. The fourth-order valence-corrected chi connectivity index (χ4v) is 8.51. The molecule has 50 heavy (non-hydrogen) atoms. The number of methoxy groups -OCH3 is 1. The summed E-state index contributed by atoms with van der Waals surface area (Å²) in [6.07, 6.45) is 3.74. The van der Waals surface area contributed by atoms with Gasteiger partial charge < -0.3 is 34.6 Å². The average Bonchev–Trinajstić information content (AvgIpc) is 3.35. The van der Waals surface area contributed by atoms with Gasteiger partial charge >= 0.3 is 11.9 Å². The standard InChI is InChI=1S/C37H51N3O10/c1-20(2)17-28(32(43)40-29(33(44)45-6)18-23-19-38-27-10-8-7-9-24(23)27)39-30(41)13-14-31(42)46-34-22(4)26-12-11-21(3)25-15-16-36(5)48-35(47-34)37(25,26)50-49-36/h7-10,19-22,25-26,28-29,34-35,38H,11-18H2,1-6H3,(H,39,41)(H,40,43)/t21-,22+,25+,26+,28+,29+,34-,35+,36+,37-/m1/s1. The number of aromatic amines is 1. The van der Waals surface area contributed by atoms with Gasteiger partial charge in [-0.1, -0.05) is 45.9 Å². The Morgan fingerprint density at radius 2 is 1.78 bits per heavy atom. The summed E-state index contributed by atoms with van der Waals surface area (Å²) in [5.74, 6) is -2.70. The van der Waals surface area contributed by atoms with Crippen LogP contribution in [-0.4, -0.2) is 71.9 Å². The fraction of sp³-hybridized carbons (Fsp3) is 0.676. The number of para-hydroxylation sites is 1. The van der Waals surface area contributed by atoms with Gasteiger partial charge in [0.2, 0.25) is 23.9 Å². The van der Waals surface area contributed by atoms with Gasteiger partial charge in [0.1, 0.15) is 12.1 Å². The second-order valence-electron chi connectivity index (χ2n) is 15.2. The third-order valence-corrected chi connectivity index (χ3v) is 11.2. The van der Waals surface area contributed by atoms with Crippen LogP contribution in [0.5, 0.6) is 0 Å². The molecule has 0 unspecified atom stereocenters. The van der Waals surface area contributed by atoms with Crippen LogP contribution in [0.4, 0.5) is 0 Å². The highest BCUT2D eigenvalue weighted by Crippen LogP contribution is 2.60. The molecule has 274 valence electrons. The molecule has 0 radical (unpaired) electrons. The van der Waals surface area contributed by atoms with Gasteiger partial charge in [-0.15, -0.1) is 0 Å². The number of carbonyl (C=O) groups is 4. The Kier molecular flexibility index (Phi) is 10.6. The van der Waals surface area contributed by atoms with Gasteiger partial charge in [0, 0.05) is 48.2 Å². The van der Waals surface area contributed by atoms with Crippen molar-refractivity contribution in [3.63, 3.8) is 0 Å². The van der Waals surface area contributed by atoms with Crippen molar-refractivity contribution in [2.45, 2.75) is 122 Å². The maximum atomic E-state index is 13.5. The summed E-state index contributed by atoms with van der Waals surface area (Å²) >= 11 is 0. The number of rotatable bonds is 12. The van der Waals surface area contributed by atoms with Crippen molar-refractivity contribution in [1.82, 2.24) is 15.6 Å². The number of H-pyrrole nitrogens is 1. The molecule has 1 saturated carbocycles. The maximum Gasteiger partial charge on any atom is 0.328 e. The van der Waals surface area contributed by atoms with Gasteiger partial charge in [0.15, 0.2) is 11.9 Å². The minimum Gasteiger partial charge on any atom is -0.467 e. The molecule has 3 N–H and O–H groups in total. The Morgan fingerprint density at radius 3 is 2.54 bits per heavy atom. The lowest BCUT2D eigenvalue weighted by molar-refractivity contribution is -0.576. The average molecular weight is 698 g/mol. The van der Waals surface area contributed by atoms with E-state index in [2.05, 4.69) is 22.5 Å². The topological polar surface area (TPSA) is 164 Å². The number of ether oxygens (including phenoxy) is 4. The second kappa shape index (κ2) is 14.6. The minimum atomic E-state index is -0.972. The monoisotopic (exact) mass is 697 g/mol. The van der Waals surface area contributed by atoms with Gasteiger partial charge in [-0.25, -0.2) is 14.6 Å². The number of nitrogens with one attached hydrogen (secondary N) is 3. The van der Waals surface area contributed by atoms with Crippen molar-refractivity contribution < 1.29 is 47.9 Å². The van der Waals surface area contributed by atoms with Crippen LogP contribution < -0.4 is 10.6 Å². The normalized spacial score (nSPS) is 32.8. The molecule has 5 fully saturated rings. The second-order valence-corrected chi connectivity index (χ2v) is 15.2. The number of carbonyl (C=O) groups excluding carboxylic acids is 4. The molecule has 4 aliphatic heterocycles. The van der Waals surface area contributed by atoms with Gasteiger partial charge in [0.05, 0.1) is 13.5 Å².